The summed E-state index contributed by atoms with van der Waals surface area (Å²) in [5, 5.41) is 21.2. The van der Waals surface area contributed by atoms with Crippen LogP contribution in [0.25, 0.3) is 0 Å². The van der Waals surface area contributed by atoms with Crippen LogP contribution in [-0.2, 0) is 0 Å². The number of aliphatic hydroxyl groups excluding tert-OH is 2. The Morgan fingerprint density at radius 1 is 0.625 bits per heavy atom. The van der Waals surface area contributed by atoms with Crippen molar-refractivity contribution in [1.29, 1.82) is 0 Å². The van der Waals surface area contributed by atoms with E-state index in [-0.39, 0.29) is 19.3 Å². The molecule has 146 valence electrons. The molecule has 0 radical (unpaired) electrons. The molecule has 0 fully saturated rings. The molecule has 0 amide bonds. The van der Waals surface area contributed by atoms with Crippen LogP contribution in [0.15, 0.2) is 0 Å². The van der Waals surface area contributed by atoms with Crippen molar-refractivity contribution in [2.24, 2.45) is 0 Å². The van der Waals surface area contributed by atoms with E-state index in [9.17, 15) is 5.11 Å². The molecular weight excluding hydrogens is 298 g/mol. The van der Waals surface area contributed by atoms with Crippen LogP contribution >= 0.6 is 0 Å². The monoisotopic (exact) mass is 343 g/mol. The van der Waals surface area contributed by atoms with E-state index in [0.29, 0.717) is 6.54 Å². The van der Waals surface area contributed by atoms with Crippen LogP contribution < -0.4 is 5.32 Å². The lowest BCUT2D eigenvalue weighted by Crippen LogP contribution is -2.34. The summed E-state index contributed by atoms with van der Waals surface area (Å²) < 4.78 is 0. The highest BCUT2D eigenvalue weighted by Crippen LogP contribution is 2.14. The Labute approximate surface area is 151 Å². The molecule has 1 atom stereocenters. The predicted molar refractivity (Wildman–Crippen MR) is 106 cm³/mol. The maximum Gasteiger partial charge on any atom is 0.0584 e. The highest BCUT2D eigenvalue weighted by atomic mass is 16.3. The van der Waals surface area contributed by atoms with Gasteiger partial charge < -0.3 is 15.5 Å². The van der Waals surface area contributed by atoms with Crippen molar-refractivity contribution in [3.05, 3.63) is 0 Å². The molecule has 0 aromatic rings. The second kappa shape index (κ2) is 20.9. The van der Waals surface area contributed by atoms with Gasteiger partial charge in [0.1, 0.15) is 0 Å². The van der Waals surface area contributed by atoms with Gasteiger partial charge in [0, 0.05) is 12.6 Å². The summed E-state index contributed by atoms with van der Waals surface area (Å²) >= 11 is 0. The van der Waals surface area contributed by atoms with Crippen LogP contribution in [0.4, 0.5) is 0 Å². The van der Waals surface area contributed by atoms with Crippen molar-refractivity contribution in [3.8, 4) is 0 Å². The lowest BCUT2D eigenvalue weighted by molar-refractivity contribution is 0.217. The quantitative estimate of drug-likeness (QED) is 0.267. The molecular formula is C21H45NO2. The Morgan fingerprint density at radius 2 is 1.04 bits per heavy atom. The number of rotatable bonds is 20. The number of nitrogens with one attached hydrogen (secondary N) is 1. The summed E-state index contributed by atoms with van der Waals surface area (Å²) in [6.45, 7) is 3.19. The fourth-order valence-electron chi connectivity index (χ4n) is 3.29. The molecule has 0 spiro atoms. The maximum atomic E-state index is 9.22. The van der Waals surface area contributed by atoms with Crippen molar-refractivity contribution >= 4 is 0 Å². The lowest BCUT2D eigenvalue weighted by atomic mass is 10.0. The van der Waals surface area contributed by atoms with Crippen LogP contribution in [0.3, 0.4) is 0 Å². The number of hydrogen-bond donors (Lipinski definition) is 3. The fraction of sp³-hybridized carbons (Fsp3) is 1.00. The van der Waals surface area contributed by atoms with Crippen molar-refractivity contribution in [1.82, 2.24) is 5.32 Å². The Balaban J connectivity index is 3.12. The molecule has 0 aromatic heterocycles. The van der Waals surface area contributed by atoms with Gasteiger partial charge in [-0.15, -0.1) is 0 Å². The largest absolute Gasteiger partial charge is 0.395 e. The van der Waals surface area contributed by atoms with E-state index in [0.717, 1.165) is 6.42 Å². The van der Waals surface area contributed by atoms with E-state index in [1.165, 1.54) is 96.3 Å². The van der Waals surface area contributed by atoms with Gasteiger partial charge in [0.2, 0.25) is 0 Å². The normalized spacial score (nSPS) is 12.6. The SMILES string of the molecule is CCCCCCCCCCCCCCCCCC(CO)NCCO. The summed E-state index contributed by atoms with van der Waals surface area (Å²) in [6, 6.07) is 0.166. The number of hydrogen-bond acceptors (Lipinski definition) is 3. The molecule has 3 heteroatoms. The van der Waals surface area contributed by atoms with Crippen molar-refractivity contribution in [2.75, 3.05) is 19.8 Å². The highest BCUT2D eigenvalue weighted by Gasteiger charge is 2.05. The van der Waals surface area contributed by atoms with Gasteiger partial charge in [0.05, 0.1) is 13.2 Å². The zero-order valence-electron chi connectivity index (χ0n) is 16.4. The van der Waals surface area contributed by atoms with E-state index >= 15 is 0 Å². The van der Waals surface area contributed by atoms with E-state index in [1.54, 1.807) is 0 Å². The molecule has 0 rings (SSSR count). The van der Waals surface area contributed by atoms with Crippen LogP contribution in [0.2, 0.25) is 0 Å². The second-order valence-electron chi connectivity index (χ2n) is 7.30. The molecule has 0 saturated heterocycles. The molecule has 24 heavy (non-hydrogen) atoms. The summed E-state index contributed by atoms with van der Waals surface area (Å²) in [6.07, 6.45) is 21.8. The van der Waals surface area contributed by atoms with E-state index in [1.807, 2.05) is 0 Å². The fourth-order valence-corrected chi connectivity index (χ4v) is 3.29. The van der Waals surface area contributed by atoms with Gasteiger partial charge in [-0.25, -0.2) is 0 Å². The molecule has 0 heterocycles. The minimum absolute atomic E-state index is 0.148. The first-order valence-corrected chi connectivity index (χ1v) is 10.8. The smallest absolute Gasteiger partial charge is 0.0584 e. The van der Waals surface area contributed by atoms with E-state index in [4.69, 9.17) is 5.11 Å². The first kappa shape index (κ1) is 23.9. The standard InChI is InChI=1S/C21H45NO2/c1-2-3-4-5-6-7-8-9-10-11-12-13-14-15-16-17-21(20-24)22-18-19-23/h21-24H,2-20H2,1H3. The molecule has 0 bridgehead atoms. The second-order valence-corrected chi connectivity index (χ2v) is 7.30. The minimum Gasteiger partial charge on any atom is -0.395 e. The molecule has 3 nitrogen and oxygen atoms in total. The minimum atomic E-state index is 0.148. The third-order valence-electron chi connectivity index (χ3n) is 4.92. The lowest BCUT2D eigenvalue weighted by Gasteiger charge is -2.15. The van der Waals surface area contributed by atoms with Crippen molar-refractivity contribution in [2.45, 2.75) is 116 Å². The molecule has 0 aliphatic heterocycles. The van der Waals surface area contributed by atoms with Crippen LogP contribution in [0, 0.1) is 0 Å². The molecule has 3 N–H and O–H groups in total. The Kier molecular flexibility index (Phi) is 20.8. The first-order valence-electron chi connectivity index (χ1n) is 10.8. The average molecular weight is 344 g/mol. The van der Waals surface area contributed by atoms with Gasteiger partial charge in [-0.3, -0.25) is 0 Å². The number of unbranched alkanes of at least 4 members (excludes halogenated alkanes) is 14. The first-order chi connectivity index (χ1) is 11.8. The van der Waals surface area contributed by atoms with Crippen LogP contribution in [-0.4, -0.2) is 36.0 Å². The number of aliphatic hydroxyl groups is 2. The summed E-state index contributed by atoms with van der Waals surface area (Å²) in [5.41, 5.74) is 0. The Bertz CT molecular complexity index is 224. The third kappa shape index (κ3) is 18.2. The van der Waals surface area contributed by atoms with Gasteiger partial charge >= 0.3 is 0 Å². The third-order valence-corrected chi connectivity index (χ3v) is 4.92. The van der Waals surface area contributed by atoms with Gasteiger partial charge in [-0.1, -0.05) is 103 Å². The van der Waals surface area contributed by atoms with Crippen LogP contribution in [0.5, 0.6) is 0 Å². The molecule has 0 aliphatic rings. The van der Waals surface area contributed by atoms with Crippen LogP contribution in [0.1, 0.15) is 110 Å². The topological polar surface area (TPSA) is 52.5 Å². The average Bonchev–Trinajstić information content (AvgIpc) is 2.61. The Hall–Kier alpha value is -0.120. The van der Waals surface area contributed by atoms with Crippen molar-refractivity contribution < 1.29 is 10.2 Å². The van der Waals surface area contributed by atoms with Gasteiger partial charge in [-0.2, -0.15) is 0 Å². The van der Waals surface area contributed by atoms with E-state index in [2.05, 4.69) is 12.2 Å². The summed E-state index contributed by atoms with van der Waals surface area (Å²) in [5.74, 6) is 0. The van der Waals surface area contributed by atoms with Crippen molar-refractivity contribution in [3.63, 3.8) is 0 Å². The zero-order valence-corrected chi connectivity index (χ0v) is 16.4. The van der Waals surface area contributed by atoms with E-state index < -0.39 is 0 Å². The van der Waals surface area contributed by atoms with Gasteiger partial charge in [-0.05, 0) is 6.42 Å². The highest BCUT2D eigenvalue weighted by molar-refractivity contribution is 4.65. The molecule has 0 aromatic carbocycles. The summed E-state index contributed by atoms with van der Waals surface area (Å²) in [4.78, 5) is 0. The maximum absolute atomic E-state index is 9.22. The van der Waals surface area contributed by atoms with Gasteiger partial charge in [0.25, 0.3) is 0 Å². The zero-order chi connectivity index (χ0) is 17.7. The predicted octanol–water partition coefficient (Wildman–Crippen LogP) is 5.19. The molecule has 0 aliphatic carbocycles. The molecule has 0 saturated carbocycles. The summed E-state index contributed by atoms with van der Waals surface area (Å²) in [7, 11) is 0. The molecule has 1 unspecified atom stereocenters. The van der Waals surface area contributed by atoms with Gasteiger partial charge in [0.15, 0.2) is 0 Å². The Morgan fingerprint density at radius 3 is 1.42 bits per heavy atom.